The Balaban J connectivity index is 1.83. The van der Waals surface area contributed by atoms with Crippen LogP contribution in [0.15, 0.2) is 70.6 Å². The fourth-order valence-electron chi connectivity index (χ4n) is 3.35. The SMILES string of the molecule is COc1ccc(CSc2nc3ccccc3c(=O)n2-c2cccc(C)c2C)cc1F. The number of aromatic nitrogens is 2. The summed E-state index contributed by atoms with van der Waals surface area (Å²) < 4.78 is 20.7. The van der Waals surface area contributed by atoms with Gasteiger partial charge in [0.25, 0.3) is 5.56 Å². The molecule has 4 rings (SSSR count). The van der Waals surface area contributed by atoms with Crippen LogP contribution in [0.3, 0.4) is 0 Å². The van der Waals surface area contributed by atoms with Gasteiger partial charge in [-0.2, -0.15) is 0 Å². The first kappa shape index (κ1) is 20.2. The van der Waals surface area contributed by atoms with E-state index in [0.29, 0.717) is 21.8 Å². The van der Waals surface area contributed by atoms with Crippen LogP contribution in [0.25, 0.3) is 16.6 Å². The van der Waals surface area contributed by atoms with Crippen molar-refractivity contribution in [1.82, 2.24) is 9.55 Å². The third kappa shape index (κ3) is 3.71. The molecule has 1 aromatic heterocycles. The van der Waals surface area contributed by atoms with Crippen LogP contribution in [-0.2, 0) is 5.75 Å². The minimum Gasteiger partial charge on any atom is -0.494 e. The fourth-order valence-corrected chi connectivity index (χ4v) is 4.30. The summed E-state index contributed by atoms with van der Waals surface area (Å²) in [6, 6.07) is 18.1. The Morgan fingerprint density at radius 3 is 2.63 bits per heavy atom. The lowest BCUT2D eigenvalue weighted by molar-refractivity contribution is 0.386. The Morgan fingerprint density at radius 1 is 1.07 bits per heavy atom. The van der Waals surface area contributed by atoms with Crippen molar-refractivity contribution in [2.75, 3.05) is 7.11 Å². The summed E-state index contributed by atoms with van der Waals surface area (Å²) in [4.78, 5) is 18.2. The molecule has 0 spiro atoms. The van der Waals surface area contributed by atoms with Gasteiger partial charge in [-0.1, -0.05) is 42.1 Å². The van der Waals surface area contributed by atoms with Crippen molar-refractivity contribution in [3.8, 4) is 11.4 Å². The molecule has 0 saturated heterocycles. The summed E-state index contributed by atoms with van der Waals surface area (Å²) in [6.07, 6.45) is 0. The summed E-state index contributed by atoms with van der Waals surface area (Å²) in [5.41, 5.74) is 4.25. The molecule has 1 heterocycles. The van der Waals surface area contributed by atoms with Gasteiger partial charge in [0, 0.05) is 5.75 Å². The van der Waals surface area contributed by atoms with E-state index in [4.69, 9.17) is 9.72 Å². The molecule has 30 heavy (non-hydrogen) atoms. The molecule has 6 heteroatoms. The fraction of sp³-hybridized carbons (Fsp3) is 0.167. The smallest absolute Gasteiger partial charge is 0.266 e. The molecule has 152 valence electrons. The molecular formula is C24H21FN2O2S. The van der Waals surface area contributed by atoms with Gasteiger partial charge in [0.1, 0.15) is 0 Å². The predicted molar refractivity (Wildman–Crippen MR) is 119 cm³/mol. The highest BCUT2D eigenvalue weighted by molar-refractivity contribution is 7.98. The van der Waals surface area contributed by atoms with E-state index in [-0.39, 0.29) is 11.3 Å². The van der Waals surface area contributed by atoms with Gasteiger partial charge >= 0.3 is 0 Å². The zero-order valence-electron chi connectivity index (χ0n) is 17.0. The maximum absolute atomic E-state index is 14.1. The summed E-state index contributed by atoms with van der Waals surface area (Å²) in [7, 11) is 1.44. The number of fused-ring (bicyclic) bond motifs is 1. The van der Waals surface area contributed by atoms with E-state index in [1.165, 1.54) is 24.9 Å². The van der Waals surface area contributed by atoms with Gasteiger partial charge < -0.3 is 4.74 Å². The van der Waals surface area contributed by atoms with Crippen LogP contribution >= 0.6 is 11.8 Å². The van der Waals surface area contributed by atoms with Crippen molar-refractivity contribution in [3.63, 3.8) is 0 Å². The van der Waals surface area contributed by atoms with Gasteiger partial charge in [-0.05, 0) is 60.9 Å². The number of halogens is 1. The molecule has 0 atom stereocenters. The number of rotatable bonds is 5. The molecule has 0 saturated carbocycles. The van der Waals surface area contributed by atoms with Crippen LogP contribution in [0.2, 0.25) is 0 Å². The number of thioether (sulfide) groups is 1. The van der Waals surface area contributed by atoms with Crippen molar-refractivity contribution in [2.24, 2.45) is 0 Å². The standard InChI is InChI=1S/C24H21FN2O2S/c1-15-7-6-10-21(16(15)2)27-23(28)18-8-4-5-9-20(18)26-24(27)30-14-17-11-12-22(29-3)19(25)13-17/h4-13H,14H2,1-3H3. The van der Waals surface area contributed by atoms with Crippen molar-refractivity contribution in [1.29, 1.82) is 0 Å². The quantitative estimate of drug-likeness (QED) is 0.318. The number of hydrogen-bond acceptors (Lipinski definition) is 4. The Morgan fingerprint density at radius 2 is 1.87 bits per heavy atom. The Bertz CT molecular complexity index is 1300. The highest BCUT2D eigenvalue weighted by atomic mass is 32.2. The van der Waals surface area contributed by atoms with E-state index in [1.807, 2.05) is 56.3 Å². The topological polar surface area (TPSA) is 44.1 Å². The second-order valence-electron chi connectivity index (χ2n) is 7.03. The highest BCUT2D eigenvalue weighted by Gasteiger charge is 2.16. The lowest BCUT2D eigenvalue weighted by atomic mass is 10.1. The first-order valence-corrected chi connectivity index (χ1v) is 10.5. The largest absolute Gasteiger partial charge is 0.494 e. The molecule has 0 bridgehead atoms. The normalized spacial score (nSPS) is 11.1. The minimum absolute atomic E-state index is 0.113. The molecule has 0 N–H and O–H groups in total. The molecule has 0 unspecified atom stereocenters. The molecular weight excluding hydrogens is 399 g/mol. The van der Waals surface area contributed by atoms with Crippen molar-refractivity contribution in [3.05, 3.63) is 93.5 Å². The summed E-state index contributed by atoms with van der Waals surface area (Å²) in [6.45, 7) is 4.02. The van der Waals surface area contributed by atoms with Crippen LogP contribution in [0.1, 0.15) is 16.7 Å². The number of hydrogen-bond donors (Lipinski definition) is 0. The summed E-state index contributed by atoms with van der Waals surface area (Å²) >= 11 is 1.41. The number of benzene rings is 3. The van der Waals surface area contributed by atoms with Crippen LogP contribution in [0.4, 0.5) is 4.39 Å². The number of ether oxygens (including phenoxy) is 1. The second kappa shape index (κ2) is 8.32. The van der Waals surface area contributed by atoms with Crippen molar-refractivity contribution >= 4 is 22.7 Å². The molecule has 4 aromatic rings. The van der Waals surface area contributed by atoms with Gasteiger partial charge in [0.15, 0.2) is 16.7 Å². The van der Waals surface area contributed by atoms with E-state index in [9.17, 15) is 9.18 Å². The van der Waals surface area contributed by atoms with E-state index < -0.39 is 5.82 Å². The highest BCUT2D eigenvalue weighted by Crippen LogP contribution is 2.28. The van der Waals surface area contributed by atoms with Crippen LogP contribution in [0.5, 0.6) is 5.75 Å². The Kier molecular flexibility index (Phi) is 5.59. The predicted octanol–water partition coefficient (Wildman–Crippen LogP) is 5.44. The lowest BCUT2D eigenvalue weighted by Gasteiger charge is -2.16. The second-order valence-corrected chi connectivity index (χ2v) is 7.97. The number of methoxy groups -OCH3 is 1. The van der Waals surface area contributed by atoms with Gasteiger partial charge in [-0.3, -0.25) is 9.36 Å². The van der Waals surface area contributed by atoms with Gasteiger partial charge in [-0.25, -0.2) is 9.37 Å². The van der Waals surface area contributed by atoms with Crippen molar-refractivity contribution in [2.45, 2.75) is 24.8 Å². The van der Waals surface area contributed by atoms with Crippen molar-refractivity contribution < 1.29 is 9.13 Å². The Labute approximate surface area is 178 Å². The maximum atomic E-state index is 14.1. The molecule has 0 fully saturated rings. The van der Waals surface area contributed by atoms with Gasteiger partial charge in [0.2, 0.25) is 0 Å². The summed E-state index contributed by atoms with van der Waals surface area (Å²) in [5, 5.41) is 1.14. The lowest BCUT2D eigenvalue weighted by Crippen LogP contribution is -2.22. The van der Waals surface area contributed by atoms with E-state index >= 15 is 0 Å². The van der Waals surface area contributed by atoms with Crippen LogP contribution in [0, 0.1) is 19.7 Å². The molecule has 4 nitrogen and oxygen atoms in total. The van der Waals surface area contributed by atoms with E-state index in [2.05, 4.69) is 0 Å². The number of para-hydroxylation sites is 1. The third-order valence-corrected chi connectivity index (χ3v) is 6.16. The first-order valence-electron chi connectivity index (χ1n) is 9.53. The zero-order valence-corrected chi connectivity index (χ0v) is 17.8. The molecule has 0 amide bonds. The molecule has 0 aliphatic rings. The number of nitrogens with zero attached hydrogens (tertiary/aromatic N) is 2. The molecule has 3 aromatic carbocycles. The van der Waals surface area contributed by atoms with E-state index in [0.717, 1.165) is 22.4 Å². The molecule has 0 aliphatic carbocycles. The molecule has 0 aliphatic heterocycles. The zero-order chi connectivity index (χ0) is 21.3. The number of aryl methyl sites for hydroxylation is 1. The summed E-state index contributed by atoms with van der Waals surface area (Å²) in [5.74, 6) is 0.269. The maximum Gasteiger partial charge on any atom is 0.266 e. The van der Waals surface area contributed by atoms with Crippen LogP contribution in [-0.4, -0.2) is 16.7 Å². The van der Waals surface area contributed by atoms with Gasteiger partial charge in [-0.15, -0.1) is 0 Å². The first-order chi connectivity index (χ1) is 14.5. The average molecular weight is 421 g/mol. The van der Waals surface area contributed by atoms with Gasteiger partial charge in [0.05, 0.1) is 23.7 Å². The van der Waals surface area contributed by atoms with E-state index in [1.54, 1.807) is 16.7 Å². The molecule has 0 radical (unpaired) electrons. The average Bonchev–Trinajstić information content (AvgIpc) is 2.75. The minimum atomic E-state index is -0.408. The third-order valence-electron chi connectivity index (χ3n) is 5.15. The monoisotopic (exact) mass is 420 g/mol. The van der Waals surface area contributed by atoms with Crippen LogP contribution < -0.4 is 10.3 Å². The Hall–Kier alpha value is -3.12.